The third-order valence-electron chi connectivity index (χ3n) is 2.88. The Morgan fingerprint density at radius 1 is 1.09 bits per heavy atom. The summed E-state index contributed by atoms with van der Waals surface area (Å²) in [5, 5.41) is 5.39. The molecule has 0 bridgehead atoms. The van der Waals surface area contributed by atoms with E-state index in [-0.39, 0.29) is 18.0 Å². The zero-order chi connectivity index (χ0) is 16.8. The third kappa shape index (κ3) is 5.15. The van der Waals surface area contributed by atoms with E-state index in [0.717, 1.165) is 6.07 Å². The van der Waals surface area contributed by atoms with E-state index in [0.29, 0.717) is 11.4 Å². The van der Waals surface area contributed by atoms with Crippen molar-refractivity contribution in [3.05, 3.63) is 54.1 Å². The molecule has 0 aliphatic heterocycles. The van der Waals surface area contributed by atoms with E-state index in [4.69, 9.17) is 0 Å². The van der Waals surface area contributed by atoms with Gasteiger partial charge in [-0.05, 0) is 44.4 Å². The minimum Gasteiger partial charge on any atom is -0.325 e. The molecule has 0 aliphatic rings. The number of pyridine rings is 1. The maximum Gasteiger partial charge on any atom is 0.255 e. The van der Waals surface area contributed by atoms with Crippen LogP contribution in [0.15, 0.2) is 42.6 Å². The standard InChI is InChI=1S/C16H17FN4O2/c1-21(2)10-15(22)19-12-3-5-13(6-4-12)20-16(23)11-7-8-18-14(17)9-11/h3-9H,10H2,1-2H3,(H,19,22)(H,20,23). The summed E-state index contributed by atoms with van der Waals surface area (Å²) in [6.07, 6.45) is 1.23. The molecule has 7 heteroatoms. The van der Waals surface area contributed by atoms with Crippen molar-refractivity contribution in [2.75, 3.05) is 31.3 Å². The lowest BCUT2D eigenvalue weighted by atomic mass is 10.2. The Balaban J connectivity index is 1.97. The van der Waals surface area contributed by atoms with E-state index in [1.807, 2.05) is 0 Å². The molecule has 1 aromatic carbocycles. The second-order valence-electron chi connectivity index (χ2n) is 5.18. The van der Waals surface area contributed by atoms with E-state index < -0.39 is 11.9 Å². The molecule has 0 spiro atoms. The fraction of sp³-hybridized carbons (Fsp3) is 0.188. The van der Waals surface area contributed by atoms with E-state index in [2.05, 4.69) is 15.6 Å². The molecule has 0 radical (unpaired) electrons. The summed E-state index contributed by atoms with van der Waals surface area (Å²) in [6, 6.07) is 9.15. The molecule has 2 rings (SSSR count). The van der Waals surface area contributed by atoms with Crippen molar-refractivity contribution >= 4 is 23.2 Å². The number of aromatic nitrogens is 1. The average molecular weight is 316 g/mol. The van der Waals surface area contributed by atoms with Gasteiger partial charge in [0.15, 0.2) is 0 Å². The van der Waals surface area contributed by atoms with Crippen LogP contribution in [0.25, 0.3) is 0 Å². The van der Waals surface area contributed by atoms with Crippen molar-refractivity contribution in [3.63, 3.8) is 0 Å². The highest BCUT2D eigenvalue weighted by Crippen LogP contribution is 2.14. The highest BCUT2D eigenvalue weighted by atomic mass is 19.1. The lowest BCUT2D eigenvalue weighted by Gasteiger charge is -2.11. The number of carbonyl (C=O) groups is 2. The van der Waals surface area contributed by atoms with Crippen molar-refractivity contribution in [2.45, 2.75) is 0 Å². The van der Waals surface area contributed by atoms with Gasteiger partial charge in [0.05, 0.1) is 6.54 Å². The van der Waals surface area contributed by atoms with Gasteiger partial charge in [0.2, 0.25) is 11.9 Å². The van der Waals surface area contributed by atoms with Crippen molar-refractivity contribution in [3.8, 4) is 0 Å². The van der Waals surface area contributed by atoms with Crippen LogP contribution in [0.3, 0.4) is 0 Å². The molecule has 0 atom stereocenters. The molecule has 120 valence electrons. The highest BCUT2D eigenvalue weighted by molar-refractivity contribution is 6.04. The summed E-state index contributed by atoms with van der Waals surface area (Å²) < 4.78 is 13.0. The number of carbonyl (C=O) groups excluding carboxylic acids is 2. The van der Waals surface area contributed by atoms with Crippen LogP contribution in [0.1, 0.15) is 10.4 Å². The van der Waals surface area contributed by atoms with Gasteiger partial charge >= 0.3 is 0 Å². The van der Waals surface area contributed by atoms with Gasteiger partial charge in [-0.1, -0.05) is 0 Å². The van der Waals surface area contributed by atoms with Gasteiger partial charge in [-0.25, -0.2) is 4.98 Å². The Bertz CT molecular complexity index is 701. The minimum absolute atomic E-state index is 0.126. The summed E-state index contributed by atoms with van der Waals surface area (Å²) in [4.78, 5) is 28.8. The van der Waals surface area contributed by atoms with Gasteiger partial charge in [0, 0.05) is 29.2 Å². The van der Waals surface area contributed by atoms with Crippen LogP contribution in [0.5, 0.6) is 0 Å². The van der Waals surface area contributed by atoms with E-state index in [1.54, 1.807) is 43.3 Å². The molecule has 2 amide bonds. The molecule has 1 heterocycles. The number of nitrogens with one attached hydrogen (secondary N) is 2. The third-order valence-corrected chi connectivity index (χ3v) is 2.88. The van der Waals surface area contributed by atoms with Crippen molar-refractivity contribution < 1.29 is 14.0 Å². The average Bonchev–Trinajstić information content (AvgIpc) is 2.48. The Morgan fingerprint density at radius 3 is 2.26 bits per heavy atom. The minimum atomic E-state index is -0.711. The summed E-state index contributed by atoms with van der Waals surface area (Å²) in [7, 11) is 3.61. The summed E-state index contributed by atoms with van der Waals surface area (Å²) in [5.74, 6) is -1.27. The number of nitrogens with zero attached hydrogens (tertiary/aromatic N) is 2. The van der Waals surface area contributed by atoms with Gasteiger partial charge in [-0.3, -0.25) is 9.59 Å². The van der Waals surface area contributed by atoms with Gasteiger partial charge < -0.3 is 15.5 Å². The zero-order valence-electron chi connectivity index (χ0n) is 12.8. The van der Waals surface area contributed by atoms with E-state index in [1.165, 1.54) is 12.3 Å². The smallest absolute Gasteiger partial charge is 0.255 e. The second kappa shape index (κ2) is 7.46. The molecule has 0 saturated carbocycles. The lowest BCUT2D eigenvalue weighted by Crippen LogP contribution is -2.27. The molecule has 1 aromatic heterocycles. The number of rotatable bonds is 5. The number of amides is 2. The van der Waals surface area contributed by atoms with Crippen LogP contribution >= 0.6 is 0 Å². The Kier molecular flexibility index (Phi) is 5.37. The van der Waals surface area contributed by atoms with Gasteiger partial charge in [0.25, 0.3) is 5.91 Å². The van der Waals surface area contributed by atoms with E-state index >= 15 is 0 Å². The highest BCUT2D eigenvalue weighted by Gasteiger charge is 2.08. The Labute approximate surface area is 133 Å². The van der Waals surface area contributed by atoms with Crippen LogP contribution in [0, 0.1) is 5.95 Å². The number of anilines is 2. The summed E-state index contributed by atoms with van der Waals surface area (Å²) in [6.45, 7) is 0.284. The lowest BCUT2D eigenvalue weighted by molar-refractivity contribution is -0.116. The topological polar surface area (TPSA) is 74.3 Å². The Hall–Kier alpha value is -2.80. The number of halogens is 1. The van der Waals surface area contributed by atoms with Crippen LogP contribution in [0.2, 0.25) is 0 Å². The summed E-state index contributed by atoms with van der Waals surface area (Å²) in [5.41, 5.74) is 1.35. The normalized spacial score (nSPS) is 10.4. The first-order chi connectivity index (χ1) is 10.9. The largest absolute Gasteiger partial charge is 0.325 e. The number of likely N-dealkylation sites (N-methyl/N-ethyl adjacent to an activating group) is 1. The first-order valence-corrected chi connectivity index (χ1v) is 6.91. The fourth-order valence-corrected chi connectivity index (χ4v) is 1.87. The molecule has 0 fully saturated rings. The zero-order valence-corrected chi connectivity index (χ0v) is 12.8. The number of hydrogen-bond donors (Lipinski definition) is 2. The molecular formula is C16H17FN4O2. The van der Waals surface area contributed by atoms with Gasteiger partial charge in [-0.15, -0.1) is 0 Å². The maximum absolute atomic E-state index is 13.0. The molecule has 6 nitrogen and oxygen atoms in total. The van der Waals surface area contributed by atoms with Crippen LogP contribution in [-0.4, -0.2) is 42.3 Å². The molecule has 0 saturated heterocycles. The van der Waals surface area contributed by atoms with Gasteiger partial charge in [0.1, 0.15) is 0 Å². The van der Waals surface area contributed by atoms with Crippen LogP contribution in [-0.2, 0) is 4.79 Å². The molecule has 2 N–H and O–H groups in total. The van der Waals surface area contributed by atoms with Crippen molar-refractivity contribution in [1.29, 1.82) is 0 Å². The molecule has 23 heavy (non-hydrogen) atoms. The SMILES string of the molecule is CN(C)CC(=O)Nc1ccc(NC(=O)c2ccnc(F)c2)cc1. The van der Waals surface area contributed by atoms with E-state index in [9.17, 15) is 14.0 Å². The molecular weight excluding hydrogens is 299 g/mol. The quantitative estimate of drug-likeness (QED) is 0.827. The molecule has 2 aromatic rings. The first kappa shape index (κ1) is 16.6. The second-order valence-corrected chi connectivity index (χ2v) is 5.18. The fourth-order valence-electron chi connectivity index (χ4n) is 1.87. The van der Waals surface area contributed by atoms with Gasteiger partial charge in [-0.2, -0.15) is 4.39 Å². The van der Waals surface area contributed by atoms with Crippen LogP contribution < -0.4 is 10.6 Å². The maximum atomic E-state index is 13.0. The predicted molar refractivity (Wildman–Crippen MR) is 85.8 cm³/mol. The monoisotopic (exact) mass is 316 g/mol. The Morgan fingerprint density at radius 2 is 1.70 bits per heavy atom. The first-order valence-electron chi connectivity index (χ1n) is 6.91. The summed E-state index contributed by atoms with van der Waals surface area (Å²) >= 11 is 0. The number of benzene rings is 1. The number of hydrogen-bond acceptors (Lipinski definition) is 4. The predicted octanol–water partition coefficient (Wildman–Crippen LogP) is 1.97. The molecule has 0 aliphatic carbocycles. The molecule has 0 unspecified atom stereocenters. The van der Waals surface area contributed by atoms with Crippen molar-refractivity contribution in [2.24, 2.45) is 0 Å². The van der Waals surface area contributed by atoms with Crippen molar-refractivity contribution in [1.82, 2.24) is 9.88 Å². The van der Waals surface area contributed by atoms with Crippen LogP contribution in [0.4, 0.5) is 15.8 Å².